The molecule has 1 aliphatic heterocycles. The van der Waals surface area contributed by atoms with Gasteiger partial charge >= 0.3 is 5.97 Å². The minimum Gasteiger partial charge on any atom is -0.497 e. The van der Waals surface area contributed by atoms with Crippen LogP contribution in [0.4, 0.5) is 11.4 Å². The molecular weight excluding hydrogens is 428 g/mol. The Labute approximate surface area is 170 Å². The molecule has 0 bridgehead atoms. The summed E-state index contributed by atoms with van der Waals surface area (Å²) in [5.41, 5.74) is 1.29. The third-order valence-corrected chi connectivity index (χ3v) is 4.84. The van der Waals surface area contributed by atoms with E-state index in [1.807, 2.05) is 0 Å². The molecule has 2 amide bonds. The van der Waals surface area contributed by atoms with Gasteiger partial charge in [0.1, 0.15) is 5.75 Å². The van der Waals surface area contributed by atoms with Gasteiger partial charge in [-0.3, -0.25) is 14.4 Å². The van der Waals surface area contributed by atoms with Crippen molar-refractivity contribution < 1.29 is 23.9 Å². The Morgan fingerprint density at radius 3 is 2.46 bits per heavy atom. The fourth-order valence-corrected chi connectivity index (χ4v) is 3.13. The molecule has 8 heteroatoms. The van der Waals surface area contributed by atoms with E-state index in [1.165, 1.54) is 4.90 Å². The average Bonchev–Trinajstić information content (AvgIpc) is 3.10. The molecule has 146 valence electrons. The van der Waals surface area contributed by atoms with E-state index in [1.54, 1.807) is 55.6 Å². The lowest BCUT2D eigenvalue weighted by Crippen LogP contribution is -2.28. The van der Waals surface area contributed by atoms with Crippen LogP contribution < -0.4 is 15.0 Å². The normalized spacial score (nSPS) is 16.0. The number of nitrogens with one attached hydrogen (secondary N) is 1. The van der Waals surface area contributed by atoms with E-state index >= 15 is 0 Å². The fraction of sp³-hybridized carbons (Fsp3) is 0.250. The van der Waals surface area contributed by atoms with Crippen LogP contribution in [-0.2, 0) is 19.1 Å². The van der Waals surface area contributed by atoms with Gasteiger partial charge < -0.3 is 19.7 Å². The summed E-state index contributed by atoms with van der Waals surface area (Å²) in [4.78, 5) is 38.0. The number of hydrogen-bond donors (Lipinski definition) is 1. The topological polar surface area (TPSA) is 84.9 Å². The number of esters is 1. The maximum absolute atomic E-state index is 12.3. The van der Waals surface area contributed by atoms with Gasteiger partial charge in [0, 0.05) is 28.8 Å². The van der Waals surface area contributed by atoms with Gasteiger partial charge in [-0.05, 0) is 48.5 Å². The number of hydrogen-bond acceptors (Lipinski definition) is 5. The van der Waals surface area contributed by atoms with Gasteiger partial charge in [-0.15, -0.1) is 0 Å². The molecule has 0 radical (unpaired) electrons. The number of benzene rings is 2. The van der Waals surface area contributed by atoms with Gasteiger partial charge in [-0.25, -0.2) is 0 Å². The summed E-state index contributed by atoms with van der Waals surface area (Å²) >= 11 is 3.31. The van der Waals surface area contributed by atoms with Crippen molar-refractivity contribution in [3.63, 3.8) is 0 Å². The molecular formula is C20H19BrN2O5. The number of rotatable bonds is 6. The van der Waals surface area contributed by atoms with E-state index in [2.05, 4.69) is 21.2 Å². The second-order valence-corrected chi connectivity index (χ2v) is 7.18. The third-order valence-electron chi connectivity index (χ3n) is 4.32. The quantitative estimate of drug-likeness (QED) is 0.689. The lowest BCUT2D eigenvalue weighted by Gasteiger charge is -2.16. The smallest absolute Gasteiger partial charge is 0.311 e. The number of carbonyl (C=O) groups is 3. The van der Waals surface area contributed by atoms with Crippen molar-refractivity contribution in [1.29, 1.82) is 0 Å². The average molecular weight is 447 g/mol. The summed E-state index contributed by atoms with van der Waals surface area (Å²) < 4.78 is 11.1. The third kappa shape index (κ3) is 4.89. The van der Waals surface area contributed by atoms with Gasteiger partial charge in [0.25, 0.3) is 5.91 Å². The minimum atomic E-state index is -0.602. The van der Waals surface area contributed by atoms with Gasteiger partial charge in [0.15, 0.2) is 6.61 Å². The Hall–Kier alpha value is -2.87. The van der Waals surface area contributed by atoms with Crippen molar-refractivity contribution >= 4 is 45.1 Å². The Morgan fingerprint density at radius 1 is 1.14 bits per heavy atom. The maximum Gasteiger partial charge on any atom is 0.311 e. The van der Waals surface area contributed by atoms with Crippen molar-refractivity contribution in [3.05, 3.63) is 53.0 Å². The van der Waals surface area contributed by atoms with E-state index in [9.17, 15) is 14.4 Å². The molecule has 1 heterocycles. The van der Waals surface area contributed by atoms with E-state index in [0.717, 1.165) is 4.47 Å². The Kier molecular flexibility index (Phi) is 6.30. The summed E-state index contributed by atoms with van der Waals surface area (Å²) in [7, 11) is 1.56. The van der Waals surface area contributed by atoms with Crippen LogP contribution in [0.25, 0.3) is 0 Å². The number of anilines is 2. The van der Waals surface area contributed by atoms with Crippen LogP contribution in [0.5, 0.6) is 5.75 Å². The molecule has 1 unspecified atom stereocenters. The molecule has 28 heavy (non-hydrogen) atoms. The molecule has 1 atom stereocenters. The van der Waals surface area contributed by atoms with Gasteiger partial charge in [-0.2, -0.15) is 0 Å². The van der Waals surface area contributed by atoms with Crippen molar-refractivity contribution in [2.75, 3.05) is 30.5 Å². The van der Waals surface area contributed by atoms with Crippen LogP contribution in [0.3, 0.4) is 0 Å². The van der Waals surface area contributed by atoms with Crippen molar-refractivity contribution in [1.82, 2.24) is 0 Å². The predicted molar refractivity (Wildman–Crippen MR) is 107 cm³/mol. The molecule has 0 spiro atoms. The zero-order valence-electron chi connectivity index (χ0n) is 15.2. The highest BCUT2D eigenvalue weighted by Gasteiger charge is 2.36. The molecule has 1 N–H and O–H groups in total. The van der Waals surface area contributed by atoms with E-state index < -0.39 is 24.4 Å². The van der Waals surface area contributed by atoms with Gasteiger partial charge in [0.05, 0.1) is 13.0 Å². The monoisotopic (exact) mass is 446 g/mol. The van der Waals surface area contributed by atoms with E-state index in [0.29, 0.717) is 17.1 Å². The lowest BCUT2D eigenvalue weighted by atomic mass is 10.1. The highest BCUT2D eigenvalue weighted by Crippen LogP contribution is 2.27. The number of methoxy groups -OCH3 is 1. The first-order valence-electron chi connectivity index (χ1n) is 8.62. The Balaban J connectivity index is 1.51. The highest BCUT2D eigenvalue weighted by atomic mass is 79.9. The fourth-order valence-electron chi connectivity index (χ4n) is 2.86. The summed E-state index contributed by atoms with van der Waals surface area (Å²) in [5, 5.41) is 2.64. The number of ether oxygens (including phenoxy) is 2. The van der Waals surface area contributed by atoms with Crippen molar-refractivity contribution in [2.24, 2.45) is 5.92 Å². The second-order valence-electron chi connectivity index (χ2n) is 6.27. The van der Waals surface area contributed by atoms with Crippen LogP contribution in [0.2, 0.25) is 0 Å². The molecule has 2 aromatic carbocycles. The van der Waals surface area contributed by atoms with Gasteiger partial charge in [-0.1, -0.05) is 15.9 Å². The molecule has 1 aliphatic rings. The summed E-state index contributed by atoms with van der Waals surface area (Å²) in [6.45, 7) is -0.180. The summed E-state index contributed by atoms with van der Waals surface area (Å²) in [6, 6.07) is 14.1. The van der Waals surface area contributed by atoms with Gasteiger partial charge in [0.2, 0.25) is 5.91 Å². The van der Waals surface area contributed by atoms with Crippen molar-refractivity contribution in [3.8, 4) is 5.75 Å². The van der Waals surface area contributed by atoms with E-state index in [-0.39, 0.29) is 18.9 Å². The van der Waals surface area contributed by atoms with Crippen LogP contribution >= 0.6 is 15.9 Å². The predicted octanol–water partition coefficient (Wildman–Crippen LogP) is 2.99. The zero-order valence-corrected chi connectivity index (χ0v) is 16.8. The molecule has 0 aromatic heterocycles. The second kappa shape index (κ2) is 8.88. The summed E-state index contributed by atoms with van der Waals surface area (Å²) in [5.74, 6) is -1.08. The summed E-state index contributed by atoms with van der Waals surface area (Å²) in [6.07, 6.45) is 0.0548. The maximum atomic E-state index is 12.3. The Bertz CT molecular complexity index is 867. The number of halogens is 1. The van der Waals surface area contributed by atoms with Crippen LogP contribution in [-0.4, -0.2) is 38.0 Å². The van der Waals surface area contributed by atoms with Crippen molar-refractivity contribution in [2.45, 2.75) is 6.42 Å². The first-order chi connectivity index (χ1) is 13.5. The van der Waals surface area contributed by atoms with Crippen LogP contribution in [0, 0.1) is 5.92 Å². The highest BCUT2D eigenvalue weighted by molar-refractivity contribution is 9.10. The number of nitrogens with zero attached hydrogens (tertiary/aromatic N) is 1. The molecule has 0 saturated carbocycles. The molecule has 1 saturated heterocycles. The molecule has 0 aliphatic carbocycles. The first kappa shape index (κ1) is 19.9. The largest absolute Gasteiger partial charge is 0.497 e. The standard InChI is InChI=1S/C20H19BrN2O5/c1-27-17-8-6-16(7-9-17)23-11-13(10-19(23)25)20(26)28-12-18(24)22-15-4-2-14(21)3-5-15/h2-9,13H,10-12H2,1H3,(H,22,24). The zero-order chi connectivity index (χ0) is 20.1. The molecule has 2 aromatic rings. The minimum absolute atomic E-state index is 0.0548. The van der Waals surface area contributed by atoms with Crippen LogP contribution in [0.15, 0.2) is 53.0 Å². The SMILES string of the molecule is COc1ccc(N2CC(C(=O)OCC(=O)Nc3ccc(Br)cc3)CC2=O)cc1. The number of amides is 2. The Morgan fingerprint density at radius 2 is 1.82 bits per heavy atom. The van der Waals surface area contributed by atoms with Crippen LogP contribution in [0.1, 0.15) is 6.42 Å². The molecule has 3 rings (SSSR count). The lowest BCUT2D eigenvalue weighted by molar-refractivity contribution is -0.151. The molecule has 7 nitrogen and oxygen atoms in total. The number of carbonyl (C=O) groups excluding carboxylic acids is 3. The van der Waals surface area contributed by atoms with E-state index in [4.69, 9.17) is 9.47 Å². The molecule has 1 fully saturated rings. The first-order valence-corrected chi connectivity index (χ1v) is 9.42.